The summed E-state index contributed by atoms with van der Waals surface area (Å²) in [6, 6.07) is 39.4. The van der Waals surface area contributed by atoms with Gasteiger partial charge in [-0.2, -0.15) is 0 Å². The minimum absolute atomic E-state index is 0. The molecule has 2 aromatic carbocycles. The molecular formula is C51H77BrN8. The third-order valence-corrected chi connectivity index (χ3v) is 7.32. The summed E-state index contributed by atoms with van der Waals surface area (Å²) in [7, 11) is 0. The molecule has 0 radical (unpaired) electrons. The van der Waals surface area contributed by atoms with E-state index < -0.39 is 0 Å². The van der Waals surface area contributed by atoms with Crippen molar-refractivity contribution in [1.29, 1.82) is 0 Å². The molecule has 328 valence electrons. The third kappa shape index (κ3) is 21.5. The highest BCUT2D eigenvalue weighted by Gasteiger charge is 2.17. The number of hydrogen-bond acceptors (Lipinski definition) is 8. The molecule has 9 heteroatoms. The number of nitrogens with zero attached hydrogens (tertiary/aromatic N) is 6. The first-order valence-electron chi connectivity index (χ1n) is 20.4. The average Bonchev–Trinajstić information content (AvgIpc) is 3.95. The van der Waals surface area contributed by atoms with E-state index in [2.05, 4.69) is 63.3 Å². The molecule has 0 unspecified atom stereocenters. The Hall–Kier alpha value is -5.54. The Bertz CT molecular complexity index is 1960. The Morgan fingerprint density at radius 3 is 1.27 bits per heavy atom. The fraction of sp³-hybridized carbons (Fsp3) is 0.333. The standard InChI is InChI=1S/C18H14N4.C13H9BrN2.C5H6N2.6C2H6.3CH4/c1-2-7-14-13(6-1)12-16(20-14)15-8-5-10-18(21-15)22-17-9-3-4-11-19-17;14-13-7-3-6-11(16-13)12-8-9-4-1-2-5-10(9)15-12;6-5-3-1-2-4-7-5;6*1-2;;;/h1-11H,12H2,(H,19,21,22);1-7H,8H2;1-4H,(H2,6,7);6*1-2H3;3*1H4. The van der Waals surface area contributed by atoms with Gasteiger partial charge in [-0.1, -0.05) is 166 Å². The maximum absolute atomic E-state index is 5.25. The van der Waals surface area contributed by atoms with Crippen LogP contribution in [0.2, 0.25) is 0 Å². The molecule has 8 rings (SSSR count). The summed E-state index contributed by atoms with van der Waals surface area (Å²) in [6.45, 7) is 24.0. The van der Waals surface area contributed by atoms with Crippen LogP contribution in [0.3, 0.4) is 0 Å². The number of benzene rings is 2. The highest BCUT2D eigenvalue weighted by Crippen LogP contribution is 2.29. The van der Waals surface area contributed by atoms with Gasteiger partial charge in [0.15, 0.2) is 0 Å². The first-order chi connectivity index (χ1) is 28.1. The van der Waals surface area contributed by atoms with E-state index in [1.807, 2.05) is 186 Å². The molecule has 2 aliphatic rings. The number of halogens is 1. The quantitative estimate of drug-likeness (QED) is 0.170. The SMILES string of the molecule is Brc1cccc(C2=Nc3ccccc3C2)n1.C.C.C.CC.CC.CC.CC.CC.CC.Nc1ccccn1.c1ccc(Nc2cccc(C3=Nc4ccccc4C3)n2)nc1. The fourth-order valence-corrected chi connectivity index (χ4v) is 5.09. The van der Waals surface area contributed by atoms with Gasteiger partial charge >= 0.3 is 0 Å². The number of fused-ring (bicyclic) bond motifs is 2. The van der Waals surface area contributed by atoms with Crippen molar-refractivity contribution in [2.75, 3.05) is 11.1 Å². The molecule has 0 spiro atoms. The maximum atomic E-state index is 5.25. The number of anilines is 3. The van der Waals surface area contributed by atoms with E-state index in [0.29, 0.717) is 5.82 Å². The van der Waals surface area contributed by atoms with Crippen molar-refractivity contribution in [1.82, 2.24) is 19.9 Å². The second-order valence-electron chi connectivity index (χ2n) is 10.1. The van der Waals surface area contributed by atoms with Crippen LogP contribution in [0, 0.1) is 0 Å². The molecule has 0 amide bonds. The fourth-order valence-electron chi connectivity index (χ4n) is 4.74. The summed E-state index contributed by atoms with van der Waals surface area (Å²) in [5.74, 6) is 2.13. The van der Waals surface area contributed by atoms with Gasteiger partial charge in [0.2, 0.25) is 0 Å². The second kappa shape index (κ2) is 38.9. The van der Waals surface area contributed by atoms with Crippen molar-refractivity contribution in [2.24, 2.45) is 9.98 Å². The molecular weight excluding hydrogens is 805 g/mol. The van der Waals surface area contributed by atoms with E-state index in [1.54, 1.807) is 18.5 Å². The summed E-state index contributed by atoms with van der Waals surface area (Å²) >= 11 is 3.38. The lowest BCUT2D eigenvalue weighted by molar-refractivity contribution is 1.22. The highest BCUT2D eigenvalue weighted by atomic mass is 79.9. The molecule has 0 bridgehead atoms. The van der Waals surface area contributed by atoms with Crippen molar-refractivity contribution < 1.29 is 0 Å². The van der Waals surface area contributed by atoms with Crippen LogP contribution in [0.1, 0.15) is 128 Å². The van der Waals surface area contributed by atoms with Gasteiger partial charge in [0, 0.05) is 25.2 Å². The van der Waals surface area contributed by atoms with Gasteiger partial charge in [0.25, 0.3) is 0 Å². The first kappa shape index (κ1) is 61.1. The first-order valence-corrected chi connectivity index (χ1v) is 21.2. The number of nitrogens with two attached hydrogens (primary N) is 1. The molecule has 0 fully saturated rings. The van der Waals surface area contributed by atoms with Crippen LogP contribution in [0.4, 0.5) is 28.8 Å². The van der Waals surface area contributed by atoms with Gasteiger partial charge in [-0.15, -0.1) is 0 Å². The molecule has 6 heterocycles. The minimum atomic E-state index is 0. The average molecular weight is 882 g/mol. The molecule has 0 saturated carbocycles. The van der Waals surface area contributed by atoms with Crippen LogP contribution in [-0.4, -0.2) is 31.4 Å². The minimum Gasteiger partial charge on any atom is -0.384 e. The lowest BCUT2D eigenvalue weighted by Crippen LogP contribution is -2.05. The van der Waals surface area contributed by atoms with Gasteiger partial charge in [0.1, 0.15) is 22.1 Å². The molecule has 0 aliphatic carbocycles. The van der Waals surface area contributed by atoms with Crippen LogP contribution in [0.25, 0.3) is 0 Å². The predicted molar refractivity (Wildman–Crippen MR) is 273 cm³/mol. The summed E-state index contributed by atoms with van der Waals surface area (Å²) in [5, 5.41) is 3.21. The lowest BCUT2D eigenvalue weighted by Gasteiger charge is -2.06. The number of aromatic nitrogens is 4. The molecule has 0 atom stereocenters. The van der Waals surface area contributed by atoms with Crippen molar-refractivity contribution in [2.45, 2.75) is 118 Å². The number of nitrogens with one attached hydrogen (secondary N) is 1. The smallest absolute Gasteiger partial charge is 0.132 e. The van der Waals surface area contributed by atoms with Crippen molar-refractivity contribution in [3.63, 3.8) is 0 Å². The van der Waals surface area contributed by atoms with Crippen LogP contribution >= 0.6 is 15.9 Å². The predicted octanol–water partition coefficient (Wildman–Crippen LogP) is 16.1. The molecule has 6 aromatic rings. The largest absolute Gasteiger partial charge is 0.384 e. The van der Waals surface area contributed by atoms with E-state index in [1.165, 1.54) is 11.1 Å². The summed E-state index contributed by atoms with van der Waals surface area (Å²) < 4.78 is 0.851. The van der Waals surface area contributed by atoms with Crippen molar-refractivity contribution in [3.8, 4) is 0 Å². The molecule has 0 saturated heterocycles. The Labute approximate surface area is 374 Å². The molecule has 8 nitrogen and oxygen atoms in total. The van der Waals surface area contributed by atoms with Crippen LogP contribution < -0.4 is 11.1 Å². The number of hydrogen-bond donors (Lipinski definition) is 2. The number of aliphatic imine (C=N–C) groups is 2. The molecule has 4 aromatic heterocycles. The van der Waals surface area contributed by atoms with Crippen molar-refractivity contribution >= 4 is 56.2 Å². The van der Waals surface area contributed by atoms with E-state index in [4.69, 9.17) is 5.73 Å². The van der Waals surface area contributed by atoms with E-state index >= 15 is 0 Å². The van der Waals surface area contributed by atoms with E-state index in [-0.39, 0.29) is 22.3 Å². The zero-order chi connectivity index (χ0) is 42.8. The Kier molecular flexibility index (Phi) is 39.7. The Balaban J connectivity index is -0.000000365. The van der Waals surface area contributed by atoms with Gasteiger partial charge < -0.3 is 11.1 Å². The van der Waals surface area contributed by atoms with Gasteiger partial charge in [-0.25, -0.2) is 19.9 Å². The van der Waals surface area contributed by atoms with Crippen LogP contribution in [-0.2, 0) is 12.8 Å². The number of nitrogen functional groups attached to an aromatic ring is 1. The van der Waals surface area contributed by atoms with Gasteiger partial charge in [0.05, 0.1) is 34.2 Å². The van der Waals surface area contributed by atoms with E-state index in [0.717, 1.165) is 63.3 Å². The Morgan fingerprint density at radius 2 is 0.867 bits per heavy atom. The number of pyridine rings is 4. The maximum Gasteiger partial charge on any atom is 0.132 e. The van der Waals surface area contributed by atoms with Crippen LogP contribution in [0.5, 0.6) is 0 Å². The van der Waals surface area contributed by atoms with Gasteiger partial charge in [-0.05, 0) is 87.7 Å². The summed E-state index contributed by atoms with van der Waals surface area (Å²) in [4.78, 5) is 26.4. The normalized spacial score (nSPS) is 9.82. The van der Waals surface area contributed by atoms with Crippen molar-refractivity contribution in [3.05, 3.63) is 161 Å². The molecule has 3 N–H and O–H groups in total. The van der Waals surface area contributed by atoms with E-state index in [9.17, 15) is 0 Å². The summed E-state index contributed by atoms with van der Waals surface area (Å²) in [6.07, 6.45) is 5.12. The second-order valence-corrected chi connectivity index (χ2v) is 10.9. The lowest BCUT2D eigenvalue weighted by atomic mass is 10.1. The zero-order valence-corrected chi connectivity index (χ0v) is 37.8. The van der Waals surface area contributed by atoms with Crippen LogP contribution in [0.15, 0.2) is 148 Å². The Morgan fingerprint density at radius 1 is 0.450 bits per heavy atom. The monoisotopic (exact) mass is 881 g/mol. The highest BCUT2D eigenvalue weighted by molar-refractivity contribution is 9.10. The zero-order valence-electron chi connectivity index (χ0n) is 36.3. The number of para-hydroxylation sites is 2. The summed E-state index contributed by atoms with van der Waals surface area (Å²) in [5.41, 5.74) is 13.8. The molecule has 2 aliphatic heterocycles. The number of rotatable bonds is 4. The molecule has 60 heavy (non-hydrogen) atoms. The topological polar surface area (TPSA) is 114 Å². The third-order valence-electron chi connectivity index (χ3n) is 6.87. The van der Waals surface area contributed by atoms with Gasteiger partial charge in [-0.3, -0.25) is 9.98 Å².